The average molecular weight is 689 g/mol. The molecular weight excluding hydrogens is 653 g/mol. The van der Waals surface area contributed by atoms with Crippen molar-refractivity contribution < 1.29 is 0 Å². The largest absolute Gasteiger partial charge is 0.309 e. The number of nitrogens with zero attached hydrogens (tertiary/aromatic N) is 2. The number of rotatable bonds is 7. The zero-order valence-electron chi connectivity index (χ0n) is 29.7. The number of benzene rings is 10. The molecule has 0 aromatic heterocycles. The highest BCUT2D eigenvalue weighted by Crippen LogP contribution is 2.52. The Labute approximate surface area is 315 Å². The van der Waals surface area contributed by atoms with Crippen LogP contribution in [0, 0.1) is 0 Å². The molecule has 0 atom stereocenters. The number of para-hydroxylation sites is 2. The molecule has 254 valence electrons. The first-order valence-corrected chi connectivity index (χ1v) is 18.5. The molecule has 0 aliphatic heterocycles. The number of anilines is 6. The third kappa shape index (κ3) is 5.53. The monoisotopic (exact) mass is 688 g/mol. The van der Waals surface area contributed by atoms with E-state index in [1.54, 1.807) is 0 Å². The van der Waals surface area contributed by atoms with Gasteiger partial charge in [0.05, 0.1) is 11.4 Å². The maximum Gasteiger partial charge on any atom is 0.0620 e. The van der Waals surface area contributed by atoms with Crippen molar-refractivity contribution in [3.63, 3.8) is 0 Å². The summed E-state index contributed by atoms with van der Waals surface area (Å²) < 4.78 is 0. The molecule has 0 saturated carbocycles. The van der Waals surface area contributed by atoms with E-state index in [4.69, 9.17) is 0 Å². The van der Waals surface area contributed by atoms with Crippen molar-refractivity contribution in [3.05, 3.63) is 218 Å². The van der Waals surface area contributed by atoms with Gasteiger partial charge in [0.2, 0.25) is 0 Å². The lowest BCUT2D eigenvalue weighted by molar-refractivity contribution is 1.30. The molecule has 0 fully saturated rings. The Hall–Kier alpha value is -7.16. The van der Waals surface area contributed by atoms with E-state index >= 15 is 0 Å². The van der Waals surface area contributed by atoms with Crippen LogP contribution in [0.15, 0.2) is 218 Å². The van der Waals surface area contributed by atoms with Crippen molar-refractivity contribution in [3.8, 4) is 11.1 Å². The molecule has 0 aliphatic carbocycles. The lowest BCUT2D eigenvalue weighted by Gasteiger charge is -2.33. The minimum atomic E-state index is 1.10. The molecule has 0 radical (unpaired) electrons. The molecule has 2 nitrogen and oxygen atoms in total. The van der Waals surface area contributed by atoms with Gasteiger partial charge in [-0.3, -0.25) is 0 Å². The van der Waals surface area contributed by atoms with E-state index < -0.39 is 0 Å². The van der Waals surface area contributed by atoms with E-state index in [0.717, 1.165) is 34.1 Å². The van der Waals surface area contributed by atoms with Crippen LogP contribution in [0.25, 0.3) is 54.2 Å². The predicted octanol–water partition coefficient (Wildman–Crippen LogP) is 14.9. The van der Waals surface area contributed by atoms with Crippen molar-refractivity contribution in [2.24, 2.45) is 0 Å². The molecule has 0 heterocycles. The highest BCUT2D eigenvalue weighted by Gasteiger charge is 2.26. The highest BCUT2D eigenvalue weighted by molar-refractivity contribution is 6.24. The van der Waals surface area contributed by atoms with Gasteiger partial charge < -0.3 is 9.80 Å². The van der Waals surface area contributed by atoms with Crippen molar-refractivity contribution >= 4 is 77.2 Å². The van der Waals surface area contributed by atoms with E-state index in [-0.39, 0.29) is 0 Å². The second-order valence-electron chi connectivity index (χ2n) is 13.8. The van der Waals surface area contributed by atoms with E-state index in [1.165, 1.54) is 54.2 Å². The van der Waals surface area contributed by atoms with Crippen LogP contribution in [-0.2, 0) is 0 Å². The van der Waals surface area contributed by atoms with E-state index in [0.29, 0.717) is 0 Å². The summed E-state index contributed by atoms with van der Waals surface area (Å²) in [5.41, 5.74) is 9.09. The number of fused-ring (bicyclic) bond motifs is 4. The Balaban J connectivity index is 1.35. The van der Waals surface area contributed by atoms with Crippen LogP contribution in [0.1, 0.15) is 0 Å². The van der Waals surface area contributed by atoms with Gasteiger partial charge in [0, 0.05) is 44.3 Å². The summed E-state index contributed by atoms with van der Waals surface area (Å²) in [4.78, 5) is 4.91. The molecule has 0 bridgehead atoms. The molecule has 0 aliphatic rings. The molecule has 10 aromatic rings. The van der Waals surface area contributed by atoms with Gasteiger partial charge in [0.1, 0.15) is 0 Å². The van der Waals surface area contributed by atoms with Gasteiger partial charge in [0.15, 0.2) is 0 Å². The highest BCUT2D eigenvalue weighted by atomic mass is 15.2. The Morgan fingerprint density at radius 3 is 1.15 bits per heavy atom. The second kappa shape index (κ2) is 13.4. The summed E-state index contributed by atoms with van der Waals surface area (Å²) >= 11 is 0. The lowest BCUT2D eigenvalue weighted by Crippen LogP contribution is -2.14. The zero-order valence-corrected chi connectivity index (χ0v) is 29.7. The van der Waals surface area contributed by atoms with Crippen molar-refractivity contribution in [2.45, 2.75) is 0 Å². The van der Waals surface area contributed by atoms with Gasteiger partial charge in [0.25, 0.3) is 0 Å². The third-order valence-electron chi connectivity index (χ3n) is 10.5. The van der Waals surface area contributed by atoms with Crippen LogP contribution in [0.4, 0.5) is 34.1 Å². The Morgan fingerprint density at radius 1 is 0.222 bits per heavy atom. The minimum absolute atomic E-state index is 1.10. The van der Waals surface area contributed by atoms with Crippen molar-refractivity contribution in [2.75, 3.05) is 9.80 Å². The molecule has 54 heavy (non-hydrogen) atoms. The molecule has 0 spiro atoms. The fourth-order valence-corrected chi connectivity index (χ4v) is 8.03. The first-order valence-electron chi connectivity index (χ1n) is 18.5. The zero-order chi connectivity index (χ0) is 35.8. The molecule has 10 rings (SSSR count). The molecule has 0 unspecified atom stereocenters. The van der Waals surface area contributed by atoms with Crippen LogP contribution in [0.5, 0.6) is 0 Å². The maximum absolute atomic E-state index is 2.46. The summed E-state index contributed by atoms with van der Waals surface area (Å²) in [6.07, 6.45) is 0. The molecule has 0 N–H and O–H groups in total. The van der Waals surface area contributed by atoms with Gasteiger partial charge in [-0.15, -0.1) is 0 Å². The second-order valence-corrected chi connectivity index (χ2v) is 13.8. The summed E-state index contributed by atoms with van der Waals surface area (Å²) in [5, 5.41) is 9.54. The van der Waals surface area contributed by atoms with Gasteiger partial charge in [-0.2, -0.15) is 0 Å². The van der Waals surface area contributed by atoms with Crippen LogP contribution in [-0.4, -0.2) is 0 Å². The Bertz CT molecular complexity index is 2940. The normalized spacial score (nSPS) is 11.3. The van der Waals surface area contributed by atoms with Crippen molar-refractivity contribution in [1.82, 2.24) is 0 Å². The molecule has 0 amide bonds. The number of hydrogen-bond donors (Lipinski definition) is 0. The van der Waals surface area contributed by atoms with Crippen LogP contribution in [0.2, 0.25) is 0 Å². The topological polar surface area (TPSA) is 6.48 Å². The number of hydrogen-bond acceptors (Lipinski definition) is 2. The molecule has 10 aromatic carbocycles. The fraction of sp³-hybridized carbons (Fsp3) is 0. The van der Waals surface area contributed by atoms with Crippen LogP contribution < -0.4 is 9.80 Å². The third-order valence-corrected chi connectivity index (χ3v) is 10.5. The van der Waals surface area contributed by atoms with Gasteiger partial charge in [-0.05, 0) is 87.3 Å². The average Bonchev–Trinajstić information content (AvgIpc) is 3.25. The molecule has 2 heteroatoms. The smallest absolute Gasteiger partial charge is 0.0620 e. The minimum Gasteiger partial charge on any atom is -0.309 e. The van der Waals surface area contributed by atoms with Crippen LogP contribution in [0.3, 0.4) is 0 Å². The summed E-state index contributed by atoms with van der Waals surface area (Å²) in [6, 6.07) is 79.1. The van der Waals surface area contributed by atoms with Gasteiger partial charge in [-0.1, -0.05) is 164 Å². The Kier molecular flexibility index (Phi) is 7.85. The first kappa shape index (κ1) is 31.6. The van der Waals surface area contributed by atoms with Crippen LogP contribution >= 0.6 is 0 Å². The molecular formula is C52H36N2. The van der Waals surface area contributed by atoms with E-state index in [9.17, 15) is 0 Å². The predicted molar refractivity (Wildman–Crippen MR) is 231 cm³/mol. The van der Waals surface area contributed by atoms with Gasteiger partial charge >= 0.3 is 0 Å². The lowest BCUT2D eigenvalue weighted by atomic mass is 9.92. The summed E-state index contributed by atoms with van der Waals surface area (Å²) in [5.74, 6) is 0. The van der Waals surface area contributed by atoms with Crippen molar-refractivity contribution in [1.29, 1.82) is 0 Å². The quantitative estimate of drug-likeness (QED) is 0.121. The fourth-order valence-electron chi connectivity index (χ4n) is 8.03. The first-order chi connectivity index (χ1) is 26.8. The van der Waals surface area contributed by atoms with E-state index in [2.05, 4.69) is 228 Å². The van der Waals surface area contributed by atoms with Gasteiger partial charge in [-0.25, -0.2) is 0 Å². The standard InChI is InChI=1S/C52H36N2/c1-4-16-37(17-5-1)42-30-33-49-50(36-42)52(54(44-24-8-3-9-25-44)46-32-29-39-19-11-13-21-41(39)35-46)48-27-15-14-26-47(48)51(49)53(43-22-6-2-7-23-43)45-31-28-38-18-10-12-20-40(38)34-45/h1-36H. The summed E-state index contributed by atoms with van der Waals surface area (Å²) in [7, 11) is 0. The maximum atomic E-state index is 2.46. The SMILES string of the molecule is c1ccc(-c2ccc3c(N(c4ccccc4)c4ccc5ccccc5c4)c4ccccc4c(N(c4ccccc4)c4ccc5ccccc5c4)c3c2)cc1. The molecule has 0 saturated heterocycles. The van der Waals surface area contributed by atoms with E-state index in [1.807, 2.05) is 0 Å². The summed E-state index contributed by atoms with van der Waals surface area (Å²) in [6.45, 7) is 0. The Morgan fingerprint density at radius 2 is 0.630 bits per heavy atom.